The van der Waals surface area contributed by atoms with Gasteiger partial charge in [-0.05, 0) is 41.4 Å². The molecule has 1 aliphatic carbocycles. The maximum absolute atomic E-state index is 12.0. The number of thiophene rings is 1. The van der Waals surface area contributed by atoms with Crippen LogP contribution in [-0.4, -0.2) is 46.8 Å². The smallest absolute Gasteiger partial charge is 0.407 e. The number of carbonyl (C=O) groups is 2. The van der Waals surface area contributed by atoms with Gasteiger partial charge >= 0.3 is 12.1 Å². The van der Waals surface area contributed by atoms with Gasteiger partial charge in [-0.15, -0.1) is 11.3 Å². The van der Waals surface area contributed by atoms with Gasteiger partial charge in [-0.25, -0.2) is 9.59 Å². The second-order valence-electron chi connectivity index (χ2n) is 7.46. The molecule has 0 atom stereocenters. The molecule has 3 rings (SSSR count). The molecule has 8 heteroatoms. The van der Waals surface area contributed by atoms with Crippen LogP contribution < -0.4 is 11.3 Å². The second-order valence-corrected chi connectivity index (χ2v) is 8.56. The molecule has 0 unspecified atom stereocenters. The highest BCUT2D eigenvalue weighted by Gasteiger charge is 2.36. The average molecular weight is 365 g/mol. The van der Waals surface area contributed by atoms with E-state index < -0.39 is 12.1 Å². The molecule has 0 saturated carbocycles. The zero-order chi connectivity index (χ0) is 18.4. The Morgan fingerprint density at radius 2 is 2.04 bits per heavy atom. The largest absolute Gasteiger partial charge is 0.478 e. The van der Waals surface area contributed by atoms with E-state index in [0.717, 1.165) is 40.8 Å². The molecule has 0 spiro atoms. The number of fused-ring (bicyclic) bond motifs is 1. The number of carboxylic acid groups (broad SMARTS) is 2. The molecule has 0 radical (unpaired) electrons. The summed E-state index contributed by atoms with van der Waals surface area (Å²) in [5.74, 6) is 4.50. The summed E-state index contributed by atoms with van der Waals surface area (Å²) in [6.45, 7) is 5.11. The van der Waals surface area contributed by atoms with Crippen molar-refractivity contribution in [2.75, 3.05) is 19.6 Å². The van der Waals surface area contributed by atoms with Crippen LogP contribution in [0.1, 0.15) is 45.9 Å². The average Bonchev–Trinajstić information content (AvgIpc) is 3.07. The van der Waals surface area contributed by atoms with Crippen LogP contribution >= 0.6 is 11.3 Å². The first-order valence-electron chi connectivity index (χ1n) is 8.24. The van der Waals surface area contributed by atoms with Crippen molar-refractivity contribution in [1.82, 2.24) is 10.3 Å². The molecule has 0 saturated heterocycles. The van der Waals surface area contributed by atoms with Gasteiger partial charge in [-0.1, -0.05) is 13.8 Å². The van der Waals surface area contributed by atoms with Gasteiger partial charge in [0.1, 0.15) is 0 Å². The number of hydrogen-bond donors (Lipinski definition) is 4. The van der Waals surface area contributed by atoms with E-state index in [2.05, 4.69) is 19.3 Å². The first kappa shape index (κ1) is 17.9. The normalized spacial score (nSPS) is 19.2. The molecule has 1 amide bonds. The number of rotatable bonds is 4. The molecule has 2 aliphatic rings. The van der Waals surface area contributed by atoms with Gasteiger partial charge in [0.15, 0.2) is 0 Å². The van der Waals surface area contributed by atoms with Crippen LogP contribution in [0.5, 0.6) is 0 Å². The Balaban J connectivity index is 2.10. The van der Waals surface area contributed by atoms with E-state index in [9.17, 15) is 19.8 Å². The number of hydrogen-bond acceptors (Lipinski definition) is 5. The molecule has 0 bridgehead atoms. The van der Waals surface area contributed by atoms with E-state index in [0.29, 0.717) is 17.0 Å². The van der Waals surface area contributed by atoms with E-state index >= 15 is 0 Å². The monoisotopic (exact) mass is 365 g/mol. The summed E-state index contributed by atoms with van der Waals surface area (Å²) >= 11 is 1.50. The molecule has 0 fully saturated rings. The number of nitrogens with two attached hydrogens (primary N) is 1. The summed E-state index contributed by atoms with van der Waals surface area (Å²) in [6.07, 6.45) is 1.62. The summed E-state index contributed by atoms with van der Waals surface area (Å²) in [6, 6.07) is 0. The summed E-state index contributed by atoms with van der Waals surface area (Å²) in [5, 5.41) is 19.2. The van der Waals surface area contributed by atoms with Crippen LogP contribution in [0.3, 0.4) is 0 Å². The van der Waals surface area contributed by atoms with Crippen LogP contribution in [-0.2, 0) is 12.8 Å². The first-order chi connectivity index (χ1) is 11.7. The number of amides is 1. The highest BCUT2D eigenvalue weighted by atomic mass is 32.1. The maximum atomic E-state index is 12.0. The molecular weight excluding hydrogens is 342 g/mol. The third-order valence-electron chi connectivity index (χ3n) is 5.01. The van der Waals surface area contributed by atoms with Gasteiger partial charge in [0.25, 0.3) is 0 Å². The van der Waals surface area contributed by atoms with Crippen molar-refractivity contribution in [3.8, 4) is 0 Å². The lowest BCUT2D eigenvalue weighted by atomic mass is 9.76. The van der Waals surface area contributed by atoms with Gasteiger partial charge in [-0.2, -0.15) is 0 Å². The Labute approximate surface area is 150 Å². The summed E-state index contributed by atoms with van der Waals surface area (Å²) in [4.78, 5) is 26.5. The minimum Gasteiger partial charge on any atom is -0.478 e. The minimum absolute atomic E-state index is 0.0777. The van der Waals surface area contributed by atoms with E-state index in [1.807, 2.05) is 0 Å². The zero-order valence-corrected chi connectivity index (χ0v) is 15.2. The van der Waals surface area contributed by atoms with Crippen molar-refractivity contribution in [2.24, 2.45) is 11.3 Å². The third-order valence-corrected chi connectivity index (χ3v) is 6.36. The molecule has 1 aliphatic heterocycles. The predicted molar refractivity (Wildman–Crippen MR) is 95.8 cm³/mol. The fourth-order valence-electron chi connectivity index (χ4n) is 3.70. The molecule has 2 heterocycles. The summed E-state index contributed by atoms with van der Waals surface area (Å²) in [7, 11) is 0. The molecule has 5 N–H and O–H groups in total. The van der Waals surface area contributed by atoms with Crippen LogP contribution in [0.4, 0.5) is 4.79 Å². The van der Waals surface area contributed by atoms with Crippen molar-refractivity contribution in [3.63, 3.8) is 0 Å². The molecule has 1 aromatic heterocycles. The Bertz CT molecular complexity index is 766. The van der Waals surface area contributed by atoms with Crippen LogP contribution in [0.2, 0.25) is 0 Å². The fraction of sp³-hybridized carbons (Fsp3) is 0.529. The van der Waals surface area contributed by atoms with Crippen LogP contribution in [0, 0.1) is 5.41 Å². The Hall–Kier alpha value is -1.90. The fourth-order valence-corrected chi connectivity index (χ4v) is 5.09. The zero-order valence-electron chi connectivity index (χ0n) is 14.4. The maximum Gasteiger partial charge on any atom is 0.407 e. The minimum atomic E-state index is -1.01. The van der Waals surface area contributed by atoms with Gasteiger partial charge in [0.2, 0.25) is 0 Å². The van der Waals surface area contributed by atoms with E-state index in [-0.39, 0.29) is 18.5 Å². The van der Waals surface area contributed by atoms with Gasteiger partial charge < -0.3 is 10.2 Å². The molecule has 0 aromatic carbocycles. The Kier molecular flexibility index (Phi) is 4.61. The van der Waals surface area contributed by atoms with Crippen molar-refractivity contribution < 1.29 is 19.8 Å². The van der Waals surface area contributed by atoms with E-state index in [1.54, 1.807) is 0 Å². The molecule has 25 heavy (non-hydrogen) atoms. The SMILES string of the molecule is CC1(C)CCc2sc(C3=C(CNN)CN(C(=O)O)C3)c(C(=O)O)c2C1. The first-order valence-corrected chi connectivity index (χ1v) is 9.05. The number of hydrazine groups is 1. The number of nitrogens with zero attached hydrogens (tertiary/aromatic N) is 1. The van der Waals surface area contributed by atoms with Gasteiger partial charge in [0, 0.05) is 22.8 Å². The molecule has 136 valence electrons. The number of aromatic carboxylic acids is 1. The third kappa shape index (κ3) is 3.29. The standard InChI is InChI=1S/C17H23N3O4S/c1-17(2)4-3-12-10(5-17)13(15(21)22)14(25-12)11-8-20(16(23)24)7-9(11)6-19-18/h19H,3-8,18H2,1-2H3,(H,21,22)(H,23,24). The Morgan fingerprint density at radius 1 is 1.32 bits per heavy atom. The quantitative estimate of drug-likeness (QED) is 0.480. The van der Waals surface area contributed by atoms with Crippen molar-refractivity contribution >= 4 is 29.0 Å². The molecular formula is C17H23N3O4S. The summed E-state index contributed by atoms with van der Waals surface area (Å²) in [5.41, 5.74) is 5.55. The highest BCUT2D eigenvalue weighted by Crippen LogP contribution is 2.45. The van der Waals surface area contributed by atoms with E-state index in [1.165, 1.54) is 16.2 Å². The van der Waals surface area contributed by atoms with Crippen molar-refractivity contribution in [2.45, 2.75) is 33.1 Å². The lowest BCUT2D eigenvalue weighted by Crippen LogP contribution is -2.30. The highest BCUT2D eigenvalue weighted by molar-refractivity contribution is 7.13. The predicted octanol–water partition coefficient (Wildman–Crippen LogP) is 2.17. The topological polar surface area (TPSA) is 116 Å². The van der Waals surface area contributed by atoms with Gasteiger partial charge in [0.05, 0.1) is 12.1 Å². The van der Waals surface area contributed by atoms with Crippen molar-refractivity contribution in [3.05, 3.63) is 26.5 Å². The second kappa shape index (κ2) is 6.44. The lowest BCUT2D eigenvalue weighted by Gasteiger charge is -2.29. The van der Waals surface area contributed by atoms with E-state index in [4.69, 9.17) is 5.84 Å². The number of aryl methyl sites for hydroxylation is 1. The van der Waals surface area contributed by atoms with Crippen LogP contribution in [0.25, 0.3) is 5.57 Å². The lowest BCUT2D eigenvalue weighted by molar-refractivity contribution is 0.0695. The summed E-state index contributed by atoms with van der Waals surface area (Å²) < 4.78 is 0. The van der Waals surface area contributed by atoms with Gasteiger partial charge in [-0.3, -0.25) is 16.2 Å². The molecule has 7 nitrogen and oxygen atoms in total. The van der Waals surface area contributed by atoms with Crippen molar-refractivity contribution in [1.29, 1.82) is 0 Å². The van der Waals surface area contributed by atoms with Crippen LogP contribution in [0.15, 0.2) is 5.57 Å². The number of carboxylic acids is 1. The number of nitrogens with one attached hydrogen (secondary N) is 1. The molecule has 1 aromatic rings. The Morgan fingerprint density at radius 3 is 2.64 bits per heavy atom.